The second-order valence-corrected chi connectivity index (χ2v) is 8.68. The third kappa shape index (κ3) is 4.36. The molecule has 1 saturated carbocycles. The van der Waals surface area contributed by atoms with Crippen molar-refractivity contribution >= 4 is 11.6 Å². The number of hydrogen-bond acceptors (Lipinski definition) is 4. The van der Waals surface area contributed by atoms with Crippen molar-refractivity contribution in [2.45, 2.75) is 50.5 Å². The predicted octanol–water partition coefficient (Wildman–Crippen LogP) is 3.66. The zero-order chi connectivity index (χ0) is 21.9. The molecule has 2 heterocycles. The largest absolute Gasteiger partial charge is 0.477 e. The Labute approximate surface area is 188 Å². The standard InChI is InChI=1S/C26H29N3O3/c30-23-9-3-1-7-21(23)27-26(31)25-18-29(22-8-2-4-10-24(22)32-25)17-19-11-13-20(14-12-19)28-15-5-6-16-28/h2,4-6,8,10-16,21,23,25,30H,1,3,7,9,17-18H2,(H,27,31). The first kappa shape index (κ1) is 20.6. The highest BCUT2D eigenvalue weighted by Crippen LogP contribution is 2.34. The van der Waals surface area contributed by atoms with Gasteiger partial charge in [-0.1, -0.05) is 37.1 Å². The molecule has 0 bridgehead atoms. The molecule has 0 saturated heterocycles. The van der Waals surface area contributed by atoms with Gasteiger partial charge in [0.15, 0.2) is 6.10 Å². The Morgan fingerprint density at radius 3 is 2.53 bits per heavy atom. The molecular weight excluding hydrogens is 402 g/mol. The fourth-order valence-electron chi connectivity index (χ4n) is 4.65. The van der Waals surface area contributed by atoms with Crippen LogP contribution in [0.5, 0.6) is 5.75 Å². The molecule has 3 unspecified atom stereocenters. The summed E-state index contributed by atoms with van der Waals surface area (Å²) in [6.45, 7) is 1.15. The van der Waals surface area contributed by atoms with Gasteiger partial charge in [0.1, 0.15) is 5.75 Å². The van der Waals surface area contributed by atoms with Crippen molar-refractivity contribution in [3.8, 4) is 11.4 Å². The molecule has 1 amide bonds. The van der Waals surface area contributed by atoms with Crippen LogP contribution in [0.25, 0.3) is 5.69 Å². The van der Waals surface area contributed by atoms with Gasteiger partial charge in [-0.25, -0.2) is 0 Å². The summed E-state index contributed by atoms with van der Waals surface area (Å²) in [6, 6.07) is 20.2. The summed E-state index contributed by atoms with van der Waals surface area (Å²) >= 11 is 0. The first-order valence-corrected chi connectivity index (χ1v) is 11.4. The van der Waals surface area contributed by atoms with Crippen LogP contribution in [0, 0.1) is 0 Å². The van der Waals surface area contributed by atoms with Gasteiger partial charge in [-0.15, -0.1) is 0 Å². The maximum atomic E-state index is 13.0. The maximum Gasteiger partial charge on any atom is 0.263 e. The van der Waals surface area contributed by atoms with Crippen molar-refractivity contribution < 1.29 is 14.6 Å². The quantitative estimate of drug-likeness (QED) is 0.647. The van der Waals surface area contributed by atoms with Gasteiger partial charge < -0.3 is 24.6 Å². The van der Waals surface area contributed by atoms with Crippen LogP contribution in [0.3, 0.4) is 0 Å². The zero-order valence-corrected chi connectivity index (χ0v) is 18.1. The van der Waals surface area contributed by atoms with E-state index in [0.29, 0.717) is 18.8 Å². The minimum absolute atomic E-state index is 0.154. The number of ether oxygens (including phenoxy) is 1. The fourth-order valence-corrected chi connectivity index (χ4v) is 4.65. The number of aromatic nitrogens is 1. The average Bonchev–Trinajstić information content (AvgIpc) is 3.36. The number of aliphatic hydroxyl groups is 1. The van der Waals surface area contributed by atoms with Crippen LogP contribution in [0.1, 0.15) is 31.2 Å². The van der Waals surface area contributed by atoms with Gasteiger partial charge in [0, 0.05) is 24.6 Å². The lowest BCUT2D eigenvalue weighted by atomic mass is 9.92. The second-order valence-electron chi connectivity index (χ2n) is 8.68. The van der Waals surface area contributed by atoms with Crippen LogP contribution in [-0.2, 0) is 11.3 Å². The smallest absolute Gasteiger partial charge is 0.263 e. The van der Waals surface area contributed by atoms with Gasteiger partial charge in [0.25, 0.3) is 5.91 Å². The van der Waals surface area contributed by atoms with Crippen LogP contribution < -0.4 is 15.0 Å². The molecule has 2 aromatic carbocycles. The summed E-state index contributed by atoms with van der Waals surface area (Å²) in [7, 11) is 0. The Hall–Kier alpha value is -3.25. The summed E-state index contributed by atoms with van der Waals surface area (Å²) in [5, 5.41) is 13.3. The number of carbonyl (C=O) groups excluding carboxylic acids is 1. The number of amides is 1. The Morgan fingerprint density at radius 2 is 1.75 bits per heavy atom. The number of nitrogens with one attached hydrogen (secondary N) is 1. The molecule has 3 atom stereocenters. The van der Waals surface area contributed by atoms with E-state index in [1.807, 2.05) is 48.8 Å². The Kier molecular flexibility index (Phi) is 5.86. The molecule has 1 aliphatic carbocycles. The molecule has 6 heteroatoms. The summed E-state index contributed by atoms with van der Waals surface area (Å²) in [4.78, 5) is 15.2. The Bertz CT molecular complexity index is 1050. The number of fused-ring (bicyclic) bond motifs is 1. The van der Waals surface area contributed by atoms with Crippen LogP contribution in [0.15, 0.2) is 73.1 Å². The minimum Gasteiger partial charge on any atom is -0.477 e. The van der Waals surface area contributed by atoms with Crippen molar-refractivity contribution in [2.75, 3.05) is 11.4 Å². The number of nitrogens with zero attached hydrogens (tertiary/aromatic N) is 2. The van der Waals surface area contributed by atoms with Gasteiger partial charge >= 0.3 is 0 Å². The third-order valence-electron chi connectivity index (χ3n) is 6.42. The van der Waals surface area contributed by atoms with E-state index in [2.05, 4.69) is 39.0 Å². The zero-order valence-electron chi connectivity index (χ0n) is 18.1. The topological polar surface area (TPSA) is 66.7 Å². The first-order valence-electron chi connectivity index (χ1n) is 11.4. The van der Waals surface area contributed by atoms with Crippen molar-refractivity contribution in [3.05, 3.63) is 78.6 Å². The van der Waals surface area contributed by atoms with Crippen LogP contribution >= 0.6 is 0 Å². The number of rotatable bonds is 5. The third-order valence-corrected chi connectivity index (χ3v) is 6.42. The summed E-state index contributed by atoms with van der Waals surface area (Å²) in [6.07, 6.45) is 6.56. The number of benzene rings is 2. The lowest BCUT2D eigenvalue weighted by molar-refractivity contribution is -0.129. The normalized spacial score (nSPS) is 22.7. The Balaban J connectivity index is 1.31. The second kappa shape index (κ2) is 9.09. The lowest BCUT2D eigenvalue weighted by Gasteiger charge is -2.37. The number of hydrogen-bond donors (Lipinski definition) is 2. The first-order chi connectivity index (χ1) is 15.7. The van der Waals surface area contributed by atoms with Gasteiger partial charge in [-0.05, 0) is 54.8 Å². The minimum atomic E-state index is -0.613. The lowest BCUT2D eigenvalue weighted by Crippen LogP contribution is -2.54. The van der Waals surface area contributed by atoms with Crippen molar-refractivity contribution in [1.82, 2.24) is 9.88 Å². The van der Waals surface area contributed by atoms with Gasteiger partial charge in [0.05, 0.1) is 24.4 Å². The van der Waals surface area contributed by atoms with E-state index in [9.17, 15) is 9.90 Å². The number of aliphatic hydroxyl groups excluding tert-OH is 1. The molecule has 6 nitrogen and oxygen atoms in total. The van der Waals surface area contributed by atoms with Crippen LogP contribution in [-0.4, -0.2) is 40.4 Å². The fraction of sp³-hybridized carbons (Fsp3) is 0.346. The molecule has 1 aliphatic heterocycles. The predicted molar refractivity (Wildman–Crippen MR) is 124 cm³/mol. The van der Waals surface area contributed by atoms with E-state index in [0.717, 1.165) is 37.1 Å². The highest BCUT2D eigenvalue weighted by molar-refractivity contribution is 5.83. The highest BCUT2D eigenvalue weighted by atomic mass is 16.5. The van der Waals surface area contributed by atoms with Crippen LogP contribution in [0.2, 0.25) is 0 Å². The van der Waals surface area contributed by atoms with Crippen molar-refractivity contribution in [1.29, 1.82) is 0 Å². The molecule has 2 N–H and O–H groups in total. The number of carbonyl (C=O) groups is 1. The van der Waals surface area contributed by atoms with Gasteiger partial charge in [-0.3, -0.25) is 4.79 Å². The summed E-state index contributed by atoms with van der Waals surface area (Å²) in [5.74, 6) is 0.561. The molecule has 1 aromatic heterocycles. The monoisotopic (exact) mass is 431 g/mol. The summed E-state index contributed by atoms with van der Waals surface area (Å²) in [5.41, 5.74) is 3.27. The molecule has 0 radical (unpaired) electrons. The van der Waals surface area contributed by atoms with E-state index in [1.54, 1.807) is 0 Å². The Morgan fingerprint density at radius 1 is 1.00 bits per heavy atom. The van der Waals surface area contributed by atoms with Gasteiger partial charge in [0.2, 0.25) is 0 Å². The molecule has 1 fully saturated rings. The molecule has 3 aromatic rings. The molecule has 166 valence electrons. The van der Waals surface area contributed by atoms with E-state index in [4.69, 9.17) is 4.74 Å². The molecule has 0 spiro atoms. The van der Waals surface area contributed by atoms with E-state index < -0.39 is 12.2 Å². The average molecular weight is 432 g/mol. The number of para-hydroxylation sites is 2. The molecule has 32 heavy (non-hydrogen) atoms. The van der Waals surface area contributed by atoms with E-state index in [-0.39, 0.29) is 11.9 Å². The van der Waals surface area contributed by atoms with E-state index >= 15 is 0 Å². The van der Waals surface area contributed by atoms with E-state index in [1.165, 1.54) is 5.56 Å². The number of anilines is 1. The molecule has 5 rings (SSSR count). The molecular formula is C26H29N3O3. The van der Waals surface area contributed by atoms with Gasteiger partial charge in [-0.2, -0.15) is 0 Å². The van der Waals surface area contributed by atoms with Crippen molar-refractivity contribution in [3.63, 3.8) is 0 Å². The molecule has 2 aliphatic rings. The van der Waals surface area contributed by atoms with Crippen LogP contribution in [0.4, 0.5) is 5.69 Å². The SMILES string of the molecule is O=C(NC1CCCCC1O)C1CN(Cc2ccc(-n3cccc3)cc2)c2ccccc2O1. The summed E-state index contributed by atoms with van der Waals surface area (Å²) < 4.78 is 8.15. The van der Waals surface area contributed by atoms with Crippen molar-refractivity contribution in [2.24, 2.45) is 0 Å². The highest BCUT2D eigenvalue weighted by Gasteiger charge is 2.33. The maximum absolute atomic E-state index is 13.0.